The molecule has 1 aliphatic heterocycles. The normalized spacial score (nSPS) is 13.2. The van der Waals surface area contributed by atoms with E-state index < -0.39 is 24.5 Å². The van der Waals surface area contributed by atoms with Gasteiger partial charge < -0.3 is 25.2 Å². The molecule has 2 heterocycles. The molecule has 2 aromatic rings. The highest BCUT2D eigenvalue weighted by Crippen LogP contribution is 2.31. The monoisotopic (exact) mass is 511 g/mol. The SMILES string of the molecule is CNCCN(Cc1ncccc1C(F)(F)F)C(=O)CNc1cccc2c1CCN(C(=O)OCCF)C2. The lowest BCUT2D eigenvalue weighted by Gasteiger charge is -2.30. The van der Waals surface area contributed by atoms with E-state index in [2.05, 4.69) is 15.6 Å². The van der Waals surface area contributed by atoms with Crippen LogP contribution in [0.1, 0.15) is 22.4 Å². The zero-order chi connectivity index (χ0) is 26.1. The van der Waals surface area contributed by atoms with E-state index in [0.717, 1.165) is 17.2 Å². The number of carbonyl (C=O) groups is 2. The number of carbonyl (C=O) groups excluding carboxylic acids is 2. The van der Waals surface area contributed by atoms with E-state index in [9.17, 15) is 27.2 Å². The van der Waals surface area contributed by atoms with Crippen LogP contribution in [0.3, 0.4) is 0 Å². The molecule has 0 aliphatic carbocycles. The van der Waals surface area contributed by atoms with Crippen molar-refractivity contribution < 1.29 is 31.9 Å². The molecule has 2 amide bonds. The Labute approximate surface area is 206 Å². The van der Waals surface area contributed by atoms with Crippen LogP contribution in [0.5, 0.6) is 0 Å². The molecule has 2 N–H and O–H groups in total. The van der Waals surface area contributed by atoms with Crippen molar-refractivity contribution in [3.63, 3.8) is 0 Å². The summed E-state index contributed by atoms with van der Waals surface area (Å²) in [4.78, 5) is 31.8. The molecule has 0 saturated carbocycles. The number of pyridine rings is 1. The lowest BCUT2D eigenvalue weighted by atomic mass is 9.98. The van der Waals surface area contributed by atoms with Crippen molar-refractivity contribution in [3.05, 3.63) is 58.9 Å². The number of hydrogen-bond donors (Lipinski definition) is 2. The average Bonchev–Trinajstić information content (AvgIpc) is 2.87. The summed E-state index contributed by atoms with van der Waals surface area (Å²) in [5, 5.41) is 6.00. The molecular weight excluding hydrogens is 482 g/mol. The fraction of sp³-hybridized carbons (Fsp3) is 0.458. The zero-order valence-corrected chi connectivity index (χ0v) is 19.9. The number of benzene rings is 1. The third kappa shape index (κ3) is 7.06. The molecule has 36 heavy (non-hydrogen) atoms. The van der Waals surface area contributed by atoms with Crippen molar-refractivity contribution in [2.45, 2.75) is 25.7 Å². The van der Waals surface area contributed by atoms with Crippen molar-refractivity contribution in [3.8, 4) is 0 Å². The van der Waals surface area contributed by atoms with Gasteiger partial charge in [-0.3, -0.25) is 9.78 Å². The van der Waals surface area contributed by atoms with Gasteiger partial charge in [0.05, 0.1) is 24.3 Å². The average molecular weight is 512 g/mol. The molecule has 0 saturated heterocycles. The van der Waals surface area contributed by atoms with Crippen molar-refractivity contribution in [2.24, 2.45) is 0 Å². The van der Waals surface area contributed by atoms with Crippen molar-refractivity contribution in [2.75, 3.05) is 51.8 Å². The van der Waals surface area contributed by atoms with Crippen molar-refractivity contribution >= 4 is 17.7 Å². The van der Waals surface area contributed by atoms with Gasteiger partial charge in [0.1, 0.15) is 13.3 Å². The highest BCUT2D eigenvalue weighted by atomic mass is 19.4. The Morgan fingerprint density at radius 2 is 2.03 bits per heavy atom. The first-order valence-corrected chi connectivity index (χ1v) is 11.5. The number of rotatable bonds is 10. The second kappa shape index (κ2) is 12.5. The molecule has 1 aliphatic rings. The number of alkyl halides is 4. The highest BCUT2D eigenvalue weighted by Gasteiger charge is 2.34. The van der Waals surface area contributed by atoms with E-state index in [0.29, 0.717) is 25.2 Å². The van der Waals surface area contributed by atoms with Crippen LogP contribution in [0, 0.1) is 0 Å². The summed E-state index contributed by atoms with van der Waals surface area (Å²) < 4.78 is 57.4. The minimum Gasteiger partial charge on any atom is -0.447 e. The van der Waals surface area contributed by atoms with E-state index in [1.165, 1.54) is 22.1 Å². The summed E-state index contributed by atoms with van der Waals surface area (Å²) in [5.74, 6) is -0.381. The van der Waals surface area contributed by atoms with E-state index in [1.807, 2.05) is 12.1 Å². The predicted molar refractivity (Wildman–Crippen MR) is 125 cm³/mol. The lowest BCUT2D eigenvalue weighted by Crippen LogP contribution is -2.40. The fourth-order valence-electron chi connectivity index (χ4n) is 3.97. The molecule has 3 rings (SSSR count). The topological polar surface area (TPSA) is 86.8 Å². The molecule has 12 heteroatoms. The first-order valence-electron chi connectivity index (χ1n) is 11.5. The van der Waals surface area contributed by atoms with Crippen LogP contribution in [0.25, 0.3) is 0 Å². The first-order chi connectivity index (χ1) is 17.2. The smallest absolute Gasteiger partial charge is 0.418 e. The Bertz CT molecular complexity index is 1050. The largest absolute Gasteiger partial charge is 0.447 e. The number of hydrogen-bond acceptors (Lipinski definition) is 6. The van der Waals surface area contributed by atoms with E-state index in [4.69, 9.17) is 4.74 Å². The quantitative estimate of drug-likeness (QED) is 0.477. The van der Waals surface area contributed by atoms with Crippen LogP contribution in [0.2, 0.25) is 0 Å². The summed E-state index contributed by atoms with van der Waals surface area (Å²) >= 11 is 0. The Morgan fingerprint density at radius 3 is 2.75 bits per heavy atom. The standard InChI is InChI=1S/C24H29F4N5O3/c1-29-10-12-32(16-21-19(24(26,27)28)5-3-9-30-21)22(34)14-31-20-6-2-4-17-15-33(11-7-18(17)20)23(35)36-13-8-25/h2-6,9,29,31H,7-8,10-16H2,1H3. The van der Waals surface area contributed by atoms with Gasteiger partial charge >= 0.3 is 12.3 Å². The Balaban J connectivity index is 1.69. The summed E-state index contributed by atoms with van der Waals surface area (Å²) in [5.41, 5.74) is 1.43. The maximum Gasteiger partial charge on any atom is 0.418 e. The zero-order valence-electron chi connectivity index (χ0n) is 19.9. The number of likely N-dealkylation sites (N-methyl/N-ethyl adjacent to an activating group) is 1. The lowest BCUT2D eigenvalue weighted by molar-refractivity contribution is -0.140. The predicted octanol–water partition coefficient (Wildman–Crippen LogP) is 3.22. The summed E-state index contributed by atoms with van der Waals surface area (Å²) in [6.07, 6.45) is -3.38. The van der Waals surface area contributed by atoms with Crippen molar-refractivity contribution in [1.82, 2.24) is 20.1 Å². The van der Waals surface area contributed by atoms with Gasteiger partial charge in [0, 0.05) is 38.1 Å². The number of ether oxygens (including phenoxy) is 1. The Kier molecular flexibility index (Phi) is 9.45. The molecule has 0 spiro atoms. The van der Waals surface area contributed by atoms with Gasteiger partial charge in [-0.05, 0) is 42.8 Å². The second-order valence-corrected chi connectivity index (χ2v) is 8.19. The number of amides is 2. The van der Waals surface area contributed by atoms with Crippen molar-refractivity contribution in [1.29, 1.82) is 0 Å². The van der Waals surface area contributed by atoms with E-state index in [1.54, 1.807) is 13.1 Å². The molecule has 0 atom stereocenters. The van der Waals surface area contributed by atoms with Gasteiger partial charge in [-0.1, -0.05) is 12.1 Å². The minimum absolute atomic E-state index is 0.128. The highest BCUT2D eigenvalue weighted by molar-refractivity contribution is 5.81. The van der Waals surface area contributed by atoms with Gasteiger partial charge in [0.25, 0.3) is 0 Å². The van der Waals surface area contributed by atoms with Crippen LogP contribution in [-0.2, 0) is 35.2 Å². The van der Waals surface area contributed by atoms with Gasteiger partial charge in [-0.15, -0.1) is 0 Å². The second-order valence-electron chi connectivity index (χ2n) is 8.19. The van der Waals surface area contributed by atoms with Crippen LogP contribution < -0.4 is 10.6 Å². The Morgan fingerprint density at radius 1 is 1.22 bits per heavy atom. The van der Waals surface area contributed by atoms with Gasteiger partial charge in [0.2, 0.25) is 5.91 Å². The third-order valence-corrected chi connectivity index (χ3v) is 5.78. The van der Waals surface area contributed by atoms with E-state index >= 15 is 0 Å². The summed E-state index contributed by atoms with van der Waals surface area (Å²) in [6, 6.07) is 7.62. The number of anilines is 1. The maximum absolute atomic E-state index is 13.4. The number of fused-ring (bicyclic) bond motifs is 1. The third-order valence-electron chi connectivity index (χ3n) is 5.78. The molecule has 0 fully saturated rings. The first kappa shape index (κ1) is 27.2. The Hall–Kier alpha value is -3.41. The number of aromatic nitrogens is 1. The molecule has 8 nitrogen and oxygen atoms in total. The van der Waals surface area contributed by atoms with Crippen LogP contribution in [0.15, 0.2) is 36.5 Å². The number of nitrogens with zero attached hydrogens (tertiary/aromatic N) is 3. The van der Waals surface area contributed by atoms with E-state index in [-0.39, 0.29) is 44.4 Å². The van der Waals surface area contributed by atoms with Gasteiger partial charge in [-0.25, -0.2) is 9.18 Å². The molecule has 1 aromatic heterocycles. The van der Waals surface area contributed by atoms with Crippen LogP contribution in [0.4, 0.5) is 28.0 Å². The minimum atomic E-state index is -4.57. The van der Waals surface area contributed by atoms with Crippen LogP contribution in [-0.4, -0.2) is 73.3 Å². The fourth-order valence-corrected chi connectivity index (χ4v) is 3.97. The molecule has 196 valence electrons. The molecule has 1 aromatic carbocycles. The molecule has 0 unspecified atom stereocenters. The van der Waals surface area contributed by atoms with Crippen LogP contribution >= 0.6 is 0 Å². The van der Waals surface area contributed by atoms with Gasteiger partial charge in [0.15, 0.2) is 0 Å². The number of halogens is 4. The number of nitrogens with one attached hydrogen (secondary N) is 2. The summed E-state index contributed by atoms with van der Waals surface area (Å²) in [7, 11) is 1.69. The van der Waals surface area contributed by atoms with Gasteiger partial charge in [-0.2, -0.15) is 13.2 Å². The summed E-state index contributed by atoms with van der Waals surface area (Å²) in [6.45, 7) is -0.183. The molecule has 0 radical (unpaired) electrons. The maximum atomic E-state index is 13.4. The molecular formula is C24H29F4N5O3. The molecule has 0 bridgehead atoms.